The SMILES string of the molecule is CC[C@@H](C)NC(=O)[C@H](C)N(Cc1ccc(Cl)cc1)C(=O)CN(c1ccc(C(C)C)cc1)S(=O)(=O)c1ccccc1. The van der Waals surface area contributed by atoms with Crippen molar-refractivity contribution in [2.45, 2.75) is 70.5 Å². The molecule has 0 unspecified atom stereocenters. The molecule has 3 aromatic carbocycles. The van der Waals surface area contributed by atoms with Gasteiger partial charge in [0.15, 0.2) is 0 Å². The molecule has 0 heterocycles. The van der Waals surface area contributed by atoms with Crippen LogP contribution in [0.15, 0.2) is 83.8 Å². The lowest BCUT2D eigenvalue weighted by Crippen LogP contribution is -2.52. The minimum absolute atomic E-state index is 0.0718. The Hall–Kier alpha value is -3.36. The Morgan fingerprint density at radius 2 is 1.48 bits per heavy atom. The number of nitrogens with zero attached hydrogens (tertiary/aromatic N) is 2. The topological polar surface area (TPSA) is 86.8 Å². The Balaban J connectivity index is 2.02. The van der Waals surface area contributed by atoms with Gasteiger partial charge in [0.2, 0.25) is 11.8 Å². The number of carbonyl (C=O) groups is 2. The highest BCUT2D eigenvalue weighted by atomic mass is 35.5. The molecule has 40 heavy (non-hydrogen) atoms. The molecule has 0 aliphatic heterocycles. The van der Waals surface area contributed by atoms with Crippen LogP contribution < -0.4 is 9.62 Å². The predicted molar refractivity (Wildman–Crippen MR) is 161 cm³/mol. The van der Waals surface area contributed by atoms with Crippen LogP contribution in [0, 0.1) is 0 Å². The van der Waals surface area contributed by atoms with Crippen molar-refractivity contribution in [2.75, 3.05) is 10.8 Å². The van der Waals surface area contributed by atoms with Crippen molar-refractivity contribution in [3.8, 4) is 0 Å². The summed E-state index contributed by atoms with van der Waals surface area (Å²) in [6.07, 6.45) is 0.735. The second-order valence-corrected chi connectivity index (χ2v) is 12.5. The maximum Gasteiger partial charge on any atom is 0.264 e. The van der Waals surface area contributed by atoms with Gasteiger partial charge in [0, 0.05) is 17.6 Å². The molecular formula is C31H38ClN3O4S. The molecule has 0 spiro atoms. The number of amides is 2. The van der Waals surface area contributed by atoms with Crippen molar-refractivity contribution in [1.29, 1.82) is 0 Å². The van der Waals surface area contributed by atoms with Gasteiger partial charge in [-0.1, -0.05) is 74.8 Å². The van der Waals surface area contributed by atoms with Crippen LogP contribution in [0.4, 0.5) is 5.69 Å². The molecule has 7 nitrogen and oxygen atoms in total. The van der Waals surface area contributed by atoms with Crippen molar-refractivity contribution in [2.24, 2.45) is 0 Å². The second-order valence-electron chi connectivity index (χ2n) is 10.2. The van der Waals surface area contributed by atoms with E-state index in [2.05, 4.69) is 19.2 Å². The first kappa shape index (κ1) is 31.2. The zero-order valence-electron chi connectivity index (χ0n) is 23.7. The van der Waals surface area contributed by atoms with Crippen LogP contribution in [-0.4, -0.2) is 43.8 Å². The van der Waals surface area contributed by atoms with E-state index in [1.54, 1.807) is 61.5 Å². The van der Waals surface area contributed by atoms with Gasteiger partial charge in [-0.3, -0.25) is 13.9 Å². The molecule has 2 atom stereocenters. The molecule has 0 bridgehead atoms. The van der Waals surface area contributed by atoms with Crippen LogP contribution in [-0.2, 0) is 26.2 Å². The van der Waals surface area contributed by atoms with Crippen molar-refractivity contribution < 1.29 is 18.0 Å². The van der Waals surface area contributed by atoms with Crippen LogP contribution in [0.25, 0.3) is 0 Å². The maximum atomic E-state index is 14.0. The zero-order chi connectivity index (χ0) is 29.4. The predicted octanol–water partition coefficient (Wildman–Crippen LogP) is 5.99. The first-order valence-electron chi connectivity index (χ1n) is 13.5. The number of hydrogen-bond donors (Lipinski definition) is 1. The summed E-state index contributed by atoms with van der Waals surface area (Å²) in [6, 6.07) is 21.3. The van der Waals surface area contributed by atoms with E-state index in [1.165, 1.54) is 17.0 Å². The minimum atomic E-state index is -4.10. The van der Waals surface area contributed by atoms with E-state index in [0.717, 1.165) is 21.9 Å². The highest BCUT2D eigenvalue weighted by molar-refractivity contribution is 7.92. The van der Waals surface area contributed by atoms with Gasteiger partial charge in [0.1, 0.15) is 12.6 Å². The van der Waals surface area contributed by atoms with Gasteiger partial charge < -0.3 is 10.2 Å². The van der Waals surface area contributed by atoms with Crippen molar-refractivity contribution >= 4 is 39.1 Å². The van der Waals surface area contributed by atoms with Crippen molar-refractivity contribution in [3.05, 3.63) is 95.0 Å². The van der Waals surface area contributed by atoms with Crippen molar-refractivity contribution in [3.63, 3.8) is 0 Å². The average Bonchev–Trinajstić information content (AvgIpc) is 2.95. The lowest BCUT2D eigenvalue weighted by Gasteiger charge is -2.32. The number of anilines is 1. The zero-order valence-corrected chi connectivity index (χ0v) is 25.2. The summed E-state index contributed by atoms with van der Waals surface area (Å²) >= 11 is 6.05. The molecule has 0 aliphatic rings. The number of halogens is 1. The van der Waals surface area contributed by atoms with E-state index in [0.29, 0.717) is 10.7 Å². The van der Waals surface area contributed by atoms with E-state index in [-0.39, 0.29) is 29.3 Å². The summed E-state index contributed by atoms with van der Waals surface area (Å²) < 4.78 is 28.8. The Labute approximate surface area is 243 Å². The quantitative estimate of drug-likeness (QED) is 0.284. The van der Waals surface area contributed by atoms with E-state index in [1.807, 2.05) is 26.0 Å². The summed E-state index contributed by atoms with van der Waals surface area (Å²) in [5, 5.41) is 3.48. The standard InChI is InChI=1S/C31H38ClN3O4S/c1-6-23(4)33-31(37)24(5)34(20-25-12-16-27(32)17-13-25)30(36)21-35(28-18-14-26(15-19-28)22(2)3)40(38,39)29-10-8-7-9-11-29/h7-19,22-24H,6,20-21H2,1-5H3,(H,33,37)/t23-,24+/m1/s1. The lowest BCUT2D eigenvalue weighted by molar-refractivity contribution is -0.139. The summed E-state index contributed by atoms with van der Waals surface area (Å²) in [4.78, 5) is 28.6. The summed E-state index contributed by atoms with van der Waals surface area (Å²) in [7, 11) is -4.10. The number of benzene rings is 3. The molecule has 0 aromatic heterocycles. The third-order valence-corrected chi connectivity index (χ3v) is 8.93. The number of carbonyl (C=O) groups excluding carboxylic acids is 2. The van der Waals surface area contributed by atoms with Gasteiger partial charge >= 0.3 is 0 Å². The van der Waals surface area contributed by atoms with Crippen LogP contribution in [0.1, 0.15) is 58.1 Å². The van der Waals surface area contributed by atoms with E-state index in [9.17, 15) is 18.0 Å². The Morgan fingerprint density at radius 1 is 0.875 bits per heavy atom. The molecule has 214 valence electrons. The molecule has 0 saturated carbocycles. The van der Waals surface area contributed by atoms with Gasteiger partial charge in [-0.05, 0) is 73.7 Å². The molecule has 1 N–H and O–H groups in total. The number of sulfonamides is 1. The van der Waals surface area contributed by atoms with Gasteiger partial charge in [0.25, 0.3) is 10.0 Å². The normalized spacial score (nSPS) is 13.0. The van der Waals surface area contributed by atoms with Gasteiger partial charge in [0.05, 0.1) is 10.6 Å². The van der Waals surface area contributed by atoms with Gasteiger partial charge in [-0.2, -0.15) is 0 Å². The first-order valence-corrected chi connectivity index (χ1v) is 15.3. The number of hydrogen-bond acceptors (Lipinski definition) is 4. The Bertz CT molecular complexity index is 1380. The van der Waals surface area contributed by atoms with Gasteiger partial charge in [-0.25, -0.2) is 8.42 Å². The van der Waals surface area contributed by atoms with Crippen LogP contribution >= 0.6 is 11.6 Å². The van der Waals surface area contributed by atoms with E-state index in [4.69, 9.17) is 11.6 Å². The van der Waals surface area contributed by atoms with Crippen LogP contribution in [0.2, 0.25) is 5.02 Å². The summed E-state index contributed by atoms with van der Waals surface area (Å²) in [6.45, 7) is 9.24. The molecule has 9 heteroatoms. The summed E-state index contributed by atoms with van der Waals surface area (Å²) in [5.41, 5.74) is 2.18. The van der Waals surface area contributed by atoms with E-state index < -0.39 is 28.5 Å². The monoisotopic (exact) mass is 583 g/mol. The first-order chi connectivity index (χ1) is 18.9. The fourth-order valence-corrected chi connectivity index (χ4v) is 5.67. The lowest BCUT2D eigenvalue weighted by atomic mass is 10.0. The van der Waals surface area contributed by atoms with Gasteiger partial charge in [-0.15, -0.1) is 0 Å². The number of nitrogens with one attached hydrogen (secondary N) is 1. The third-order valence-electron chi connectivity index (χ3n) is 6.89. The Morgan fingerprint density at radius 3 is 2.02 bits per heavy atom. The molecule has 0 fully saturated rings. The molecule has 2 amide bonds. The van der Waals surface area contributed by atoms with Crippen molar-refractivity contribution in [1.82, 2.24) is 10.2 Å². The molecule has 3 rings (SSSR count). The fourth-order valence-electron chi connectivity index (χ4n) is 4.11. The third kappa shape index (κ3) is 7.86. The average molecular weight is 584 g/mol. The highest BCUT2D eigenvalue weighted by Crippen LogP contribution is 2.26. The number of rotatable bonds is 12. The molecule has 3 aromatic rings. The Kier molecular flexibility index (Phi) is 10.8. The molecule has 0 saturated heterocycles. The van der Waals surface area contributed by atoms with Crippen LogP contribution in [0.3, 0.4) is 0 Å². The smallest absolute Gasteiger partial charge is 0.264 e. The molecule has 0 aliphatic carbocycles. The second kappa shape index (κ2) is 13.8. The maximum absolute atomic E-state index is 14.0. The molecule has 0 radical (unpaired) electrons. The summed E-state index contributed by atoms with van der Waals surface area (Å²) in [5.74, 6) is -0.556. The molecular weight excluding hydrogens is 546 g/mol. The minimum Gasteiger partial charge on any atom is -0.352 e. The highest BCUT2D eigenvalue weighted by Gasteiger charge is 2.32. The fraction of sp³-hybridized carbons (Fsp3) is 0.355. The largest absolute Gasteiger partial charge is 0.352 e. The van der Waals surface area contributed by atoms with E-state index >= 15 is 0 Å². The van der Waals surface area contributed by atoms with Crippen LogP contribution in [0.5, 0.6) is 0 Å².